The zero-order valence-corrected chi connectivity index (χ0v) is 5.01. The summed E-state index contributed by atoms with van der Waals surface area (Å²) in [5, 5.41) is 9.22. The van der Waals surface area contributed by atoms with Gasteiger partial charge in [0.05, 0.1) is 6.10 Å². The van der Waals surface area contributed by atoms with Gasteiger partial charge in [0.1, 0.15) is 0 Å². The molecule has 1 heteroatoms. The van der Waals surface area contributed by atoms with E-state index in [0.29, 0.717) is 0 Å². The Kier molecular flexibility index (Phi) is 0.884. The van der Waals surface area contributed by atoms with Crippen LogP contribution < -0.4 is 0 Å². The molecule has 2 aliphatic rings. The molecule has 3 atom stereocenters. The van der Waals surface area contributed by atoms with Gasteiger partial charge < -0.3 is 5.11 Å². The molecule has 2 rings (SSSR count). The van der Waals surface area contributed by atoms with Crippen molar-refractivity contribution in [1.82, 2.24) is 0 Å². The van der Waals surface area contributed by atoms with Gasteiger partial charge >= 0.3 is 0 Å². The first-order valence-electron chi connectivity index (χ1n) is 3.56. The predicted octanol–water partition coefficient (Wildman–Crippen LogP) is 1.17. The van der Waals surface area contributed by atoms with E-state index < -0.39 is 0 Å². The summed E-state index contributed by atoms with van der Waals surface area (Å²) in [7, 11) is 0. The van der Waals surface area contributed by atoms with E-state index in [2.05, 4.69) is 0 Å². The predicted molar refractivity (Wildman–Crippen MR) is 31.5 cm³/mol. The quantitative estimate of drug-likeness (QED) is 0.498. The van der Waals surface area contributed by atoms with Crippen molar-refractivity contribution in [1.29, 1.82) is 0 Å². The van der Waals surface area contributed by atoms with Gasteiger partial charge in [-0.25, -0.2) is 0 Å². The molecule has 46 valence electrons. The molecule has 0 aromatic rings. The molecule has 0 aromatic heterocycles. The van der Waals surface area contributed by atoms with Crippen LogP contribution in [0.3, 0.4) is 0 Å². The van der Waals surface area contributed by atoms with Crippen molar-refractivity contribution in [2.75, 3.05) is 0 Å². The monoisotopic (exact) mass is 112 g/mol. The number of hydrogen-bond donors (Lipinski definition) is 1. The van der Waals surface area contributed by atoms with Crippen molar-refractivity contribution in [3.8, 4) is 0 Å². The molecule has 0 bridgehead atoms. The van der Waals surface area contributed by atoms with Crippen LogP contribution in [0.4, 0.5) is 0 Å². The van der Waals surface area contributed by atoms with Gasteiger partial charge in [0.25, 0.3) is 0 Å². The number of hydrogen-bond acceptors (Lipinski definition) is 1. The zero-order chi connectivity index (χ0) is 5.56. The van der Waals surface area contributed by atoms with E-state index in [0.717, 1.165) is 18.3 Å². The molecule has 2 fully saturated rings. The van der Waals surface area contributed by atoms with E-state index in [9.17, 15) is 5.11 Å². The van der Waals surface area contributed by atoms with Crippen molar-refractivity contribution in [2.45, 2.75) is 31.8 Å². The summed E-state index contributed by atoms with van der Waals surface area (Å²) in [6.45, 7) is 0. The highest BCUT2D eigenvalue weighted by Crippen LogP contribution is 2.49. The van der Waals surface area contributed by atoms with Crippen LogP contribution in [-0.2, 0) is 0 Å². The second-order valence-electron chi connectivity index (χ2n) is 3.16. The highest BCUT2D eigenvalue weighted by Gasteiger charge is 2.44. The third-order valence-corrected chi connectivity index (χ3v) is 2.55. The number of rotatable bonds is 0. The minimum Gasteiger partial charge on any atom is -0.393 e. The fraction of sp³-hybridized carbons (Fsp3) is 1.00. The van der Waals surface area contributed by atoms with Crippen LogP contribution in [0.1, 0.15) is 25.7 Å². The first-order valence-corrected chi connectivity index (χ1v) is 3.56. The topological polar surface area (TPSA) is 20.2 Å². The molecular weight excluding hydrogens is 100 g/mol. The van der Waals surface area contributed by atoms with Crippen LogP contribution >= 0.6 is 0 Å². The van der Waals surface area contributed by atoms with Crippen LogP contribution in [0.25, 0.3) is 0 Å². The maximum Gasteiger partial charge on any atom is 0.0571 e. The molecule has 0 aromatic carbocycles. The Balaban J connectivity index is 1.99. The molecule has 0 unspecified atom stereocenters. The summed E-state index contributed by atoms with van der Waals surface area (Å²) >= 11 is 0. The zero-order valence-electron chi connectivity index (χ0n) is 5.01. The lowest BCUT2D eigenvalue weighted by atomic mass is 9.98. The van der Waals surface area contributed by atoms with Crippen molar-refractivity contribution in [3.63, 3.8) is 0 Å². The van der Waals surface area contributed by atoms with E-state index in [1.807, 2.05) is 0 Å². The standard InChI is InChI=1S/C7H12O/c8-7-3-1-2-5-4-6(5)7/h5-8H,1-4H2/t5-,6-,7-/m1/s1. The minimum atomic E-state index is 0.0775. The second kappa shape index (κ2) is 1.47. The molecule has 0 saturated heterocycles. The molecule has 0 aliphatic heterocycles. The lowest BCUT2D eigenvalue weighted by molar-refractivity contribution is 0.116. The molecule has 0 radical (unpaired) electrons. The van der Waals surface area contributed by atoms with Crippen molar-refractivity contribution in [2.24, 2.45) is 11.8 Å². The first kappa shape index (κ1) is 4.80. The Morgan fingerprint density at radius 1 is 1.25 bits per heavy atom. The molecule has 1 nitrogen and oxygen atoms in total. The van der Waals surface area contributed by atoms with Gasteiger partial charge in [-0.2, -0.15) is 0 Å². The number of fused-ring (bicyclic) bond motifs is 1. The van der Waals surface area contributed by atoms with E-state index >= 15 is 0 Å². The van der Waals surface area contributed by atoms with E-state index in [1.165, 1.54) is 19.3 Å². The third-order valence-electron chi connectivity index (χ3n) is 2.55. The Hall–Kier alpha value is -0.0400. The summed E-state index contributed by atoms with van der Waals surface area (Å²) in [5.74, 6) is 1.66. The van der Waals surface area contributed by atoms with E-state index in [-0.39, 0.29) is 6.10 Å². The first-order chi connectivity index (χ1) is 3.88. The van der Waals surface area contributed by atoms with Gasteiger partial charge in [0, 0.05) is 0 Å². The number of aliphatic hydroxyl groups excluding tert-OH is 1. The van der Waals surface area contributed by atoms with Crippen LogP contribution in [0.5, 0.6) is 0 Å². The van der Waals surface area contributed by atoms with Crippen LogP contribution in [0.15, 0.2) is 0 Å². The van der Waals surface area contributed by atoms with Gasteiger partial charge in [0.15, 0.2) is 0 Å². The Morgan fingerprint density at radius 3 is 2.75 bits per heavy atom. The second-order valence-corrected chi connectivity index (χ2v) is 3.16. The highest BCUT2D eigenvalue weighted by atomic mass is 16.3. The van der Waals surface area contributed by atoms with Crippen molar-refractivity contribution >= 4 is 0 Å². The SMILES string of the molecule is O[C@@H]1CCC[C@@H]2C[C@H]21. The van der Waals surface area contributed by atoms with Gasteiger partial charge in [-0.1, -0.05) is 6.42 Å². The summed E-state index contributed by atoms with van der Waals surface area (Å²) in [4.78, 5) is 0. The Morgan fingerprint density at radius 2 is 2.12 bits per heavy atom. The Labute approximate surface area is 49.7 Å². The molecular formula is C7H12O. The Bertz CT molecular complexity index is 101. The van der Waals surface area contributed by atoms with Crippen molar-refractivity contribution in [3.05, 3.63) is 0 Å². The highest BCUT2D eigenvalue weighted by molar-refractivity contribution is 4.94. The molecule has 0 spiro atoms. The molecule has 1 N–H and O–H groups in total. The lowest BCUT2D eigenvalue weighted by Crippen LogP contribution is -2.14. The summed E-state index contributed by atoms with van der Waals surface area (Å²) in [5.41, 5.74) is 0. The molecule has 2 saturated carbocycles. The third kappa shape index (κ3) is 0.576. The summed E-state index contributed by atoms with van der Waals surface area (Å²) < 4.78 is 0. The molecule has 2 aliphatic carbocycles. The van der Waals surface area contributed by atoms with E-state index in [4.69, 9.17) is 0 Å². The average molecular weight is 112 g/mol. The molecule has 8 heavy (non-hydrogen) atoms. The van der Waals surface area contributed by atoms with Gasteiger partial charge in [-0.05, 0) is 31.1 Å². The summed E-state index contributed by atoms with van der Waals surface area (Å²) in [6.07, 6.45) is 5.13. The number of aliphatic hydroxyl groups is 1. The maximum atomic E-state index is 9.22. The van der Waals surface area contributed by atoms with Gasteiger partial charge in [0.2, 0.25) is 0 Å². The van der Waals surface area contributed by atoms with Gasteiger partial charge in [-0.3, -0.25) is 0 Å². The van der Waals surface area contributed by atoms with Crippen molar-refractivity contribution < 1.29 is 5.11 Å². The maximum absolute atomic E-state index is 9.22. The van der Waals surface area contributed by atoms with E-state index in [1.54, 1.807) is 0 Å². The normalized spacial score (nSPS) is 52.9. The van der Waals surface area contributed by atoms with Crippen LogP contribution in [0, 0.1) is 11.8 Å². The summed E-state index contributed by atoms with van der Waals surface area (Å²) in [6, 6.07) is 0. The van der Waals surface area contributed by atoms with Crippen LogP contribution in [-0.4, -0.2) is 11.2 Å². The minimum absolute atomic E-state index is 0.0775. The van der Waals surface area contributed by atoms with Gasteiger partial charge in [-0.15, -0.1) is 0 Å². The fourth-order valence-corrected chi connectivity index (χ4v) is 1.88. The smallest absolute Gasteiger partial charge is 0.0571 e. The molecule has 0 heterocycles. The lowest BCUT2D eigenvalue weighted by Gasteiger charge is -2.14. The van der Waals surface area contributed by atoms with Crippen LogP contribution in [0.2, 0.25) is 0 Å². The average Bonchev–Trinajstić information content (AvgIpc) is 2.45. The fourth-order valence-electron chi connectivity index (χ4n) is 1.88. The molecule has 0 amide bonds. The largest absolute Gasteiger partial charge is 0.393 e.